The van der Waals surface area contributed by atoms with E-state index in [2.05, 4.69) is 26.6 Å². The molecule has 1 aromatic heterocycles. The Labute approximate surface area is 146 Å². The number of carbonyl (C=O) groups excluding carboxylic acids is 2. The number of aryl methyl sites for hydroxylation is 1. The summed E-state index contributed by atoms with van der Waals surface area (Å²) in [4.78, 5) is 26.2. The van der Waals surface area contributed by atoms with Gasteiger partial charge in [-0.15, -0.1) is 12.3 Å². The van der Waals surface area contributed by atoms with Crippen LogP contribution in [0.25, 0.3) is 0 Å². The van der Waals surface area contributed by atoms with E-state index >= 15 is 0 Å². The molecule has 0 aromatic carbocycles. The number of nitrogens with zero attached hydrogens (tertiary/aromatic N) is 5. The second-order valence-corrected chi connectivity index (χ2v) is 6.59. The van der Waals surface area contributed by atoms with E-state index < -0.39 is 5.66 Å². The first-order valence-corrected chi connectivity index (χ1v) is 8.36. The number of hydrogen-bond acceptors (Lipinski definition) is 5. The van der Waals surface area contributed by atoms with Gasteiger partial charge in [-0.3, -0.25) is 14.3 Å². The lowest BCUT2D eigenvalue weighted by Crippen LogP contribution is -2.40. The molecule has 0 saturated carbocycles. The monoisotopic (exact) mass is 342 g/mol. The quantitative estimate of drug-likeness (QED) is 0.754. The van der Waals surface area contributed by atoms with Crippen LogP contribution in [-0.2, 0) is 16.6 Å². The van der Waals surface area contributed by atoms with Crippen molar-refractivity contribution in [1.29, 1.82) is 0 Å². The fourth-order valence-corrected chi connectivity index (χ4v) is 3.34. The van der Waals surface area contributed by atoms with Gasteiger partial charge in [0.05, 0.1) is 17.8 Å². The number of aromatic nitrogens is 2. The fraction of sp³-hybridized carbons (Fsp3) is 0.588. The molecular weight excluding hydrogens is 320 g/mol. The third-order valence-corrected chi connectivity index (χ3v) is 4.90. The van der Waals surface area contributed by atoms with Crippen molar-refractivity contribution >= 4 is 11.8 Å². The van der Waals surface area contributed by atoms with E-state index in [0.29, 0.717) is 25.7 Å². The molecule has 8 heteroatoms. The number of rotatable bonds is 7. The Bertz CT molecular complexity index is 741. The van der Waals surface area contributed by atoms with Crippen molar-refractivity contribution in [3.05, 3.63) is 18.0 Å². The zero-order chi connectivity index (χ0) is 18.0. The molecule has 2 amide bonds. The first-order chi connectivity index (χ1) is 12.0. The number of terminal acetylenes is 1. The maximum Gasteiger partial charge on any atom is 0.225 e. The van der Waals surface area contributed by atoms with Gasteiger partial charge in [-0.05, 0) is 6.07 Å². The van der Waals surface area contributed by atoms with Gasteiger partial charge in [0, 0.05) is 52.4 Å². The Kier molecular flexibility index (Phi) is 4.57. The van der Waals surface area contributed by atoms with Gasteiger partial charge < -0.3 is 10.2 Å². The number of likely N-dealkylation sites (N-methyl/N-ethyl adjacent to an activating group) is 1. The van der Waals surface area contributed by atoms with Crippen molar-refractivity contribution in [2.45, 2.75) is 49.9 Å². The van der Waals surface area contributed by atoms with Crippen molar-refractivity contribution < 1.29 is 9.59 Å². The van der Waals surface area contributed by atoms with Gasteiger partial charge >= 0.3 is 0 Å². The summed E-state index contributed by atoms with van der Waals surface area (Å²) in [5, 5.41) is 15.2. The molecule has 2 atom stereocenters. The van der Waals surface area contributed by atoms with Crippen molar-refractivity contribution in [3.8, 4) is 12.3 Å². The molecule has 25 heavy (non-hydrogen) atoms. The van der Waals surface area contributed by atoms with Gasteiger partial charge in [-0.2, -0.15) is 15.3 Å². The molecule has 1 aromatic rings. The molecule has 0 bridgehead atoms. The summed E-state index contributed by atoms with van der Waals surface area (Å²) in [6, 6.07) is 1.39. The van der Waals surface area contributed by atoms with Crippen LogP contribution in [0, 0.1) is 12.3 Å². The lowest BCUT2D eigenvalue weighted by atomic mass is 10.0. The van der Waals surface area contributed by atoms with E-state index in [1.807, 2.05) is 13.1 Å². The van der Waals surface area contributed by atoms with Gasteiger partial charge in [0.2, 0.25) is 11.8 Å². The van der Waals surface area contributed by atoms with Crippen molar-refractivity contribution in [2.75, 3.05) is 7.05 Å². The number of amides is 2. The van der Waals surface area contributed by atoms with Gasteiger partial charge in [0.15, 0.2) is 5.66 Å². The van der Waals surface area contributed by atoms with E-state index in [9.17, 15) is 9.59 Å². The van der Waals surface area contributed by atoms with Crippen LogP contribution in [0.3, 0.4) is 0 Å². The van der Waals surface area contributed by atoms with Crippen LogP contribution in [0.1, 0.15) is 43.8 Å². The van der Waals surface area contributed by atoms with Crippen LogP contribution in [0.4, 0.5) is 0 Å². The normalized spacial score (nSPS) is 23.6. The minimum atomic E-state index is -0.465. The highest BCUT2D eigenvalue weighted by atomic mass is 16.2. The highest BCUT2D eigenvalue weighted by Gasteiger charge is 2.42. The maximum absolute atomic E-state index is 12.4. The molecule has 1 saturated heterocycles. The molecule has 0 aliphatic carbocycles. The fourth-order valence-electron chi connectivity index (χ4n) is 3.34. The zero-order valence-electron chi connectivity index (χ0n) is 14.5. The van der Waals surface area contributed by atoms with Crippen LogP contribution >= 0.6 is 0 Å². The van der Waals surface area contributed by atoms with Crippen LogP contribution in [0.2, 0.25) is 0 Å². The predicted molar refractivity (Wildman–Crippen MR) is 90.2 cm³/mol. The van der Waals surface area contributed by atoms with Crippen molar-refractivity contribution in [2.24, 2.45) is 17.3 Å². The summed E-state index contributed by atoms with van der Waals surface area (Å²) < 4.78 is 1.73. The van der Waals surface area contributed by atoms with E-state index in [-0.39, 0.29) is 30.3 Å². The van der Waals surface area contributed by atoms with Crippen LogP contribution in [-0.4, -0.2) is 45.2 Å². The van der Waals surface area contributed by atoms with Crippen LogP contribution in [0.5, 0.6) is 0 Å². The Morgan fingerprint density at radius 1 is 1.44 bits per heavy atom. The molecule has 8 nitrogen and oxygen atoms in total. The highest BCUT2D eigenvalue weighted by molar-refractivity contribution is 5.83. The summed E-state index contributed by atoms with van der Waals surface area (Å²) >= 11 is 0. The summed E-state index contributed by atoms with van der Waals surface area (Å²) in [6.07, 6.45) is 9.38. The highest BCUT2D eigenvalue weighted by Crippen LogP contribution is 2.38. The molecule has 1 fully saturated rings. The molecular formula is C17H22N6O2. The second kappa shape index (κ2) is 6.67. The summed E-state index contributed by atoms with van der Waals surface area (Å²) in [7, 11) is 3.58. The third-order valence-electron chi connectivity index (χ3n) is 4.90. The molecule has 0 spiro atoms. The largest absolute Gasteiger partial charge is 0.350 e. The lowest BCUT2D eigenvalue weighted by molar-refractivity contribution is -0.127. The van der Waals surface area contributed by atoms with Gasteiger partial charge in [-0.1, -0.05) is 0 Å². The first-order valence-electron chi connectivity index (χ1n) is 8.36. The van der Waals surface area contributed by atoms with Gasteiger partial charge in [0.1, 0.15) is 0 Å². The topological polar surface area (TPSA) is 92.0 Å². The summed E-state index contributed by atoms with van der Waals surface area (Å²) in [6.45, 7) is 0. The Morgan fingerprint density at radius 2 is 2.20 bits per heavy atom. The number of hydrogen-bond donors (Lipinski definition) is 1. The zero-order valence-corrected chi connectivity index (χ0v) is 14.5. The third kappa shape index (κ3) is 3.55. The Hall–Kier alpha value is -2.69. The predicted octanol–water partition coefficient (Wildman–Crippen LogP) is 1.16. The van der Waals surface area contributed by atoms with Gasteiger partial charge in [0.25, 0.3) is 0 Å². The molecule has 132 valence electrons. The van der Waals surface area contributed by atoms with E-state index in [1.165, 1.54) is 0 Å². The standard InChI is InChI=1S/C17H22N6O2/c1-4-5-8-17(20-21-17)9-6-14(24)19-12-11-15(25)22(2)16(12)13-7-10-18-23(13)3/h1,7,10,12,16H,5-6,8-9,11H2,2-3H3,(H,19,24)/t12-,16-/m1/s1. The molecule has 0 radical (unpaired) electrons. The molecule has 2 aliphatic rings. The van der Waals surface area contributed by atoms with Crippen LogP contribution in [0.15, 0.2) is 22.5 Å². The van der Waals surface area contributed by atoms with E-state index in [0.717, 1.165) is 5.69 Å². The second-order valence-electron chi connectivity index (χ2n) is 6.59. The minimum absolute atomic E-state index is 0.00850. The SMILES string of the molecule is C#CCCC1(CCC(=O)N[C@@H]2CC(=O)N(C)[C@H]2c2ccnn2C)N=N1. The van der Waals surface area contributed by atoms with Crippen molar-refractivity contribution in [3.63, 3.8) is 0 Å². The first kappa shape index (κ1) is 17.1. The summed E-state index contributed by atoms with van der Waals surface area (Å²) in [5.41, 5.74) is 0.435. The average molecular weight is 342 g/mol. The number of nitrogens with one attached hydrogen (secondary N) is 1. The molecule has 2 aliphatic heterocycles. The smallest absolute Gasteiger partial charge is 0.225 e. The lowest BCUT2D eigenvalue weighted by Gasteiger charge is -2.25. The van der Waals surface area contributed by atoms with Gasteiger partial charge in [-0.25, -0.2) is 0 Å². The molecule has 1 N–H and O–H groups in total. The molecule has 3 rings (SSSR count). The molecule has 0 unspecified atom stereocenters. The molecule has 3 heterocycles. The maximum atomic E-state index is 12.4. The average Bonchev–Trinajstić information content (AvgIpc) is 3.16. The van der Waals surface area contributed by atoms with Crippen molar-refractivity contribution in [1.82, 2.24) is 20.0 Å². The number of carbonyl (C=O) groups is 2. The Morgan fingerprint density at radius 3 is 2.80 bits per heavy atom. The van der Waals surface area contributed by atoms with E-state index in [1.54, 1.807) is 22.8 Å². The van der Waals surface area contributed by atoms with E-state index in [4.69, 9.17) is 6.42 Å². The van der Waals surface area contributed by atoms with Crippen LogP contribution < -0.4 is 5.32 Å². The Balaban J connectivity index is 1.59. The number of likely N-dealkylation sites (tertiary alicyclic amines) is 1. The minimum Gasteiger partial charge on any atom is -0.350 e. The summed E-state index contributed by atoms with van der Waals surface area (Å²) in [5.74, 6) is 2.48.